The first-order valence-corrected chi connectivity index (χ1v) is 8.52. The van der Waals surface area contributed by atoms with Crippen LogP contribution in [0, 0.1) is 0 Å². The number of aliphatic carboxylic acids is 1. The van der Waals surface area contributed by atoms with Crippen LogP contribution < -0.4 is 5.43 Å². The summed E-state index contributed by atoms with van der Waals surface area (Å²) in [5.74, 6) is -0.928. The predicted molar refractivity (Wildman–Crippen MR) is 92.2 cm³/mol. The van der Waals surface area contributed by atoms with E-state index in [0.29, 0.717) is 23.9 Å². The number of carbonyl (C=O) groups is 2. The number of aromatic nitrogens is 2. The zero-order chi connectivity index (χ0) is 17.8. The van der Waals surface area contributed by atoms with E-state index in [4.69, 9.17) is 5.11 Å². The van der Waals surface area contributed by atoms with Gasteiger partial charge in [-0.25, -0.2) is 0 Å². The summed E-state index contributed by atoms with van der Waals surface area (Å²) in [6.07, 6.45) is 4.53. The number of para-hydroxylation sites is 1. The Morgan fingerprint density at radius 1 is 1.24 bits per heavy atom. The van der Waals surface area contributed by atoms with Gasteiger partial charge in [0.15, 0.2) is 0 Å². The van der Waals surface area contributed by atoms with Gasteiger partial charge in [0.1, 0.15) is 6.54 Å². The summed E-state index contributed by atoms with van der Waals surface area (Å²) in [7, 11) is 0. The van der Waals surface area contributed by atoms with Crippen molar-refractivity contribution in [2.45, 2.75) is 44.7 Å². The third-order valence-corrected chi connectivity index (χ3v) is 4.69. The first kappa shape index (κ1) is 17.1. The van der Waals surface area contributed by atoms with Gasteiger partial charge in [0.2, 0.25) is 11.3 Å². The van der Waals surface area contributed by atoms with Crippen molar-refractivity contribution in [1.29, 1.82) is 0 Å². The predicted octanol–water partition coefficient (Wildman–Crippen LogP) is 1.64. The molecular formula is C18H21N3O4. The topological polar surface area (TPSA) is 92.5 Å². The lowest BCUT2D eigenvalue weighted by Gasteiger charge is -2.35. The van der Waals surface area contributed by atoms with Crippen LogP contribution in [0.4, 0.5) is 0 Å². The first-order valence-electron chi connectivity index (χ1n) is 8.52. The molecule has 1 unspecified atom stereocenters. The SMILES string of the molecule is O=C(O)CCC1CCCCN1C(=O)Cn1ncc(=O)c2ccccc21. The average Bonchev–Trinajstić information content (AvgIpc) is 2.62. The van der Waals surface area contributed by atoms with Crippen molar-refractivity contribution in [2.75, 3.05) is 6.54 Å². The molecule has 2 aromatic rings. The minimum Gasteiger partial charge on any atom is -0.481 e. The van der Waals surface area contributed by atoms with E-state index >= 15 is 0 Å². The third-order valence-electron chi connectivity index (χ3n) is 4.69. The Labute approximate surface area is 144 Å². The smallest absolute Gasteiger partial charge is 0.303 e. The second-order valence-corrected chi connectivity index (χ2v) is 6.35. The van der Waals surface area contributed by atoms with E-state index in [-0.39, 0.29) is 30.3 Å². The number of rotatable bonds is 5. The number of carboxylic acids is 1. The molecule has 7 heteroatoms. The zero-order valence-electron chi connectivity index (χ0n) is 13.9. The van der Waals surface area contributed by atoms with Crippen LogP contribution in [0.3, 0.4) is 0 Å². The number of hydrogen-bond donors (Lipinski definition) is 1. The van der Waals surface area contributed by atoms with E-state index < -0.39 is 5.97 Å². The van der Waals surface area contributed by atoms with Crippen molar-refractivity contribution in [3.05, 3.63) is 40.7 Å². The van der Waals surface area contributed by atoms with E-state index in [1.165, 1.54) is 6.20 Å². The van der Waals surface area contributed by atoms with Crippen molar-refractivity contribution < 1.29 is 14.7 Å². The van der Waals surface area contributed by atoms with E-state index in [1.54, 1.807) is 33.8 Å². The fourth-order valence-electron chi connectivity index (χ4n) is 3.43. The number of likely N-dealkylation sites (tertiary alicyclic amines) is 1. The van der Waals surface area contributed by atoms with Gasteiger partial charge in [-0.15, -0.1) is 0 Å². The molecule has 1 aromatic carbocycles. The molecule has 1 aromatic heterocycles. The lowest BCUT2D eigenvalue weighted by molar-refractivity contribution is -0.140. The molecule has 0 spiro atoms. The number of carbonyl (C=O) groups excluding carboxylic acids is 1. The molecule has 3 rings (SSSR count). The molecule has 1 fully saturated rings. The summed E-state index contributed by atoms with van der Waals surface area (Å²) in [5.41, 5.74) is 0.457. The van der Waals surface area contributed by atoms with E-state index in [9.17, 15) is 14.4 Å². The quantitative estimate of drug-likeness (QED) is 0.891. The van der Waals surface area contributed by atoms with E-state index in [0.717, 1.165) is 19.3 Å². The molecule has 0 radical (unpaired) electrons. The Bertz CT molecular complexity index is 846. The van der Waals surface area contributed by atoms with Crippen molar-refractivity contribution in [3.63, 3.8) is 0 Å². The summed E-state index contributed by atoms with van der Waals surface area (Å²) in [6.45, 7) is 0.686. The molecule has 25 heavy (non-hydrogen) atoms. The zero-order valence-corrected chi connectivity index (χ0v) is 13.9. The summed E-state index contributed by atoms with van der Waals surface area (Å²) >= 11 is 0. The molecule has 1 atom stereocenters. The van der Waals surface area contributed by atoms with Crippen molar-refractivity contribution in [3.8, 4) is 0 Å². The average molecular weight is 343 g/mol. The summed E-state index contributed by atoms with van der Waals surface area (Å²) < 4.78 is 1.54. The minimum atomic E-state index is -0.842. The number of amides is 1. The van der Waals surface area contributed by atoms with Crippen molar-refractivity contribution >= 4 is 22.8 Å². The Kier molecular flexibility index (Phi) is 5.11. The second kappa shape index (κ2) is 7.46. The maximum Gasteiger partial charge on any atom is 0.303 e. The van der Waals surface area contributed by atoms with Gasteiger partial charge >= 0.3 is 5.97 Å². The number of carboxylic acid groups (broad SMARTS) is 1. The number of benzene rings is 1. The Morgan fingerprint density at radius 2 is 2.04 bits per heavy atom. The molecule has 0 saturated carbocycles. The van der Waals surface area contributed by atoms with Crippen LogP contribution >= 0.6 is 0 Å². The van der Waals surface area contributed by atoms with Crippen LogP contribution in [0.25, 0.3) is 10.9 Å². The fourth-order valence-corrected chi connectivity index (χ4v) is 3.43. The van der Waals surface area contributed by atoms with Gasteiger partial charge in [-0.05, 0) is 37.8 Å². The number of hydrogen-bond acceptors (Lipinski definition) is 4. The second-order valence-electron chi connectivity index (χ2n) is 6.35. The van der Waals surface area contributed by atoms with E-state index in [1.807, 2.05) is 0 Å². The molecule has 0 aliphatic carbocycles. The highest BCUT2D eigenvalue weighted by molar-refractivity contribution is 5.81. The van der Waals surface area contributed by atoms with Gasteiger partial charge in [0, 0.05) is 24.4 Å². The lowest BCUT2D eigenvalue weighted by atomic mass is 9.98. The van der Waals surface area contributed by atoms with Crippen LogP contribution in [-0.4, -0.2) is 44.3 Å². The molecule has 1 amide bonds. The maximum absolute atomic E-state index is 12.8. The maximum atomic E-state index is 12.8. The highest BCUT2D eigenvalue weighted by atomic mass is 16.4. The molecule has 7 nitrogen and oxygen atoms in total. The van der Waals surface area contributed by atoms with Crippen LogP contribution in [-0.2, 0) is 16.1 Å². The molecule has 1 saturated heterocycles. The summed E-state index contributed by atoms with van der Waals surface area (Å²) in [5, 5.41) is 13.5. The number of nitrogens with zero attached hydrogens (tertiary/aromatic N) is 3. The van der Waals surface area contributed by atoms with Gasteiger partial charge in [-0.1, -0.05) is 12.1 Å². The van der Waals surface area contributed by atoms with Gasteiger partial charge < -0.3 is 10.0 Å². The third kappa shape index (κ3) is 3.87. The number of fused-ring (bicyclic) bond motifs is 1. The Balaban J connectivity index is 1.80. The van der Waals surface area contributed by atoms with Crippen molar-refractivity contribution in [1.82, 2.24) is 14.7 Å². The van der Waals surface area contributed by atoms with E-state index in [2.05, 4.69) is 5.10 Å². The van der Waals surface area contributed by atoms with Gasteiger partial charge in [-0.3, -0.25) is 19.1 Å². The molecule has 1 aliphatic heterocycles. The summed E-state index contributed by atoms with van der Waals surface area (Å²) in [4.78, 5) is 37.3. The van der Waals surface area contributed by atoms with Crippen LogP contribution in [0.1, 0.15) is 32.1 Å². The summed E-state index contributed by atoms with van der Waals surface area (Å²) in [6, 6.07) is 7.04. The molecule has 0 bridgehead atoms. The fraction of sp³-hybridized carbons (Fsp3) is 0.444. The van der Waals surface area contributed by atoms with Crippen molar-refractivity contribution in [2.24, 2.45) is 0 Å². The lowest BCUT2D eigenvalue weighted by Crippen LogP contribution is -2.45. The van der Waals surface area contributed by atoms with Gasteiger partial charge in [0.05, 0.1) is 11.7 Å². The first-order chi connectivity index (χ1) is 12.1. The minimum absolute atomic E-state index is 0.0389. The monoisotopic (exact) mass is 343 g/mol. The highest BCUT2D eigenvalue weighted by Crippen LogP contribution is 2.21. The molecule has 132 valence electrons. The van der Waals surface area contributed by atoms with Crippen LogP contribution in [0.5, 0.6) is 0 Å². The largest absolute Gasteiger partial charge is 0.481 e. The Morgan fingerprint density at radius 3 is 2.84 bits per heavy atom. The van der Waals surface area contributed by atoms with Crippen LogP contribution in [0.2, 0.25) is 0 Å². The van der Waals surface area contributed by atoms with Gasteiger partial charge in [-0.2, -0.15) is 5.10 Å². The number of piperidine rings is 1. The molecule has 1 aliphatic rings. The molecule has 1 N–H and O–H groups in total. The Hall–Kier alpha value is -2.70. The normalized spacial score (nSPS) is 17.6. The highest BCUT2D eigenvalue weighted by Gasteiger charge is 2.27. The standard InChI is InChI=1S/C18H21N3O4/c22-16-11-19-21(15-7-2-1-6-14(15)16)12-17(23)20-10-4-3-5-13(20)8-9-18(24)25/h1-2,6-7,11,13H,3-5,8-10,12H2,(H,24,25). The van der Waals surface area contributed by atoms with Crippen LogP contribution in [0.15, 0.2) is 35.3 Å². The molecular weight excluding hydrogens is 322 g/mol. The molecule has 2 heterocycles. The van der Waals surface area contributed by atoms with Gasteiger partial charge in [0.25, 0.3) is 0 Å².